The molecule has 0 spiro atoms. The van der Waals surface area contributed by atoms with Crippen molar-refractivity contribution in [3.05, 3.63) is 35.4 Å². The molecular weight excluding hydrogens is 238 g/mol. The predicted molar refractivity (Wildman–Crippen MR) is 56.4 cm³/mol. The van der Waals surface area contributed by atoms with E-state index in [-0.39, 0.29) is 12.0 Å². The molecule has 1 aromatic rings. The van der Waals surface area contributed by atoms with E-state index in [4.69, 9.17) is 16.7 Å². The van der Waals surface area contributed by atoms with Crippen LogP contribution in [-0.2, 0) is 4.79 Å². The topological polar surface area (TPSA) is 37.3 Å². The van der Waals surface area contributed by atoms with Crippen LogP contribution in [0.5, 0.6) is 0 Å². The number of carbonyl (C=O) groups is 1. The lowest BCUT2D eigenvalue weighted by atomic mass is 10.1. The molecule has 0 fully saturated rings. The van der Waals surface area contributed by atoms with E-state index in [1.807, 2.05) is 0 Å². The monoisotopic (exact) mass is 248 g/mol. The van der Waals surface area contributed by atoms with Gasteiger partial charge in [-0.2, -0.15) is 0 Å². The van der Waals surface area contributed by atoms with E-state index in [1.54, 1.807) is 0 Å². The van der Waals surface area contributed by atoms with Gasteiger partial charge in [0.1, 0.15) is 11.6 Å². The van der Waals surface area contributed by atoms with Crippen LogP contribution in [0.3, 0.4) is 0 Å². The molecular formula is C11H11ClF2O2. The maximum Gasteiger partial charge on any atom is 0.303 e. The first-order valence-electron chi connectivity index (χ1n) is 4.81. The normalized spacial score (nSPS) is 12.4. The second-order valence-corrected chi connectivity index (χ2v) is 3.95. The number of aliphatic carboxylic acids is 1. The summed E-state index contributed by atoms with van der Waals surface area (Å²) in [4.78, 5) is 10.3. The van der Waals surface area contributed by atoms with E-state index in [0.29, 0.717) is 12.8 Å². The SMILES string of the molecule is O=C(O)CCCC(Cl)c1cc(F)ccc1F. The van der Waals surface area contributed by atoms with Crippen molar-refractivity contribution in [3.8, 4) is 0 Å². The fourth-order valence-corrected chi connectivity index (χ4v) is 1.66. The number of carboxylic acid groups (broad SMARTS) is 1. The predicted octanol–water partition coefficient (Wildman–Crippen LogP) is 3.50. The van der Waals surface area contributed by atoms with E-state index in [2.05, 4.69) is 0 Å². The van der Waals surface area contributed by atoms with Crippen molar-refractivity contribution < 1.29 is 18.7 Å². The molecule has 1 N–H and O–H groups in total. The van der Waals surface area contributed by atoms with Gasteiger partial charge in [0.25, 0.3) is 0 Å². The average molecular weight is 249 g/mol. The molecule has 0 heterocycles. The first-order valence-corrected chi connectivity index (χ1v) is 5.25. The summed E-state index contributed by atoms with van der Waals surface area (Å²) in [5.74, 6) is -2.06. The summed E-state index contributed by atoms with van der Waals surface area (Å²) in [5, 5.41) is 7.72. The highest BCUT2D eigenvalue weighted by molar-refractivity contribution is 6.20. The second kappa shape index (κ2) is 5.80. The average Bonchev–Trinajstić information content (AvgIpc) is 2.21. The van der Waals surface area contributed by atoms with Crippen LogP contribution in [0.2, 0.25) is 0 Å². The van der Waals surface area contributed by atoms with E-state index in [9.17, 15) is 13.6 Å². The fraction of sp³-hybridized carbons (Fsp3) is 0.364. The maximum absolute atomic E-state index is 13.2. The summed E-state index contributed by atoms with van der Waals surface area (Å²) < 4.78 is 26.1. The summed E-state index contributed by atoms with van der Waals surface area (Å²) in [6.07, 6.45) is 0.605. The van der Waals surface area contributed by atoms with Crippen molar-refractivity contribution in [1.82, 2.24) is 0 Å². The number of halogens is 3. The van der Waals surface area contributed by atoms with Crippen molar-refractivity contribution in [2.75, 3.05) is 0 Å². The number of hydrogen-bond donors (Lipinski definition) is 1. The van der Waals surface area contributed by atoms with E-state index in [1.165, 1.54) is 0 Å². The Bertz CT molecular complexity index is 382. The summed E-state index contributed by atoms with van der Waals surface area (Å²) in [7, 11) is 0. The molecule has 1 aromatic carbocycles. The lowest BCUT2D eigenvalue weighted by molar-refractivity contribution is -0.137. The molecule has 1 rings (SSSR count). The molecule has 2 nitrogen and oxygen atoms in total. The molecule has 16 heavy (non-hydrogen) atoms. The summed E-state index contributed by atoms with van der Waals surface area (Å²) in [6, 6.07) is 3.06. The van der Waals surface area contributed by atoms with Gasteiger partial charge in [0, 0.05) is 12.0 Å². The Morgan fingerprint density at radius 3 is 2.75 bits per heavy atom. The molecule has 5 heteroatoms. The zero-order chi connectivity index (χ0) is 12.1. The van der Waals surface area contributed by atoms with Gasteiger partial charge in [-0.25, -0.2) is 8.78 Å². The van der Waals surface area contributed by atoms with Gasteiger partial charge >= 0.3 is 5.97 Å². The van der Waals surface area contributed by atoms with Crippen molar-refractivity contribution in [3.63, 3.8) is 0 Å². The molecule has 0 radical (unpaired) electrons. The molecule has 1 unspecified atom stereocenters. The minimum atomic E-state index is -0.927. The van der Waals surface area contributed by atoms with Gasteiger partial charge in [-0.15, -0.1) is 11.6 Å². The number of rotatable bonds is 5. The number of carboxylic acids is 1. The zero-order valence-electron chi connectivity index (χ0n) is 8.42. The van der Waals surface area contributed by atoms with Crippen LogP contribution >= 0.6 is 11.6 Å². The fourth-order valence-electron chi connectivity index (χ4n) is 1.34. The second-order valence-electron chi connectivity index (χ2n) is 3.42. The van der Waals surface area contributed by atoms with Crippen LogP contribution in [0.4, 0.5) is 8.78 Å². The molecule has 0 saturated carbocycles. The minimum Gasteiger partial charge on any atom is -0.481 e. The highest BCUT2D eigenvalue weighted by Gasteiger charge is 2.14. The Kier molecular flexibility index (Phi) is 4.68. The van der Waals surface area contributed by atoms with Crippen LogP contribution < -0.4 is 0 Å². The molecule has 0 aliphatic heterocycles. The quantitative estimate of drug-likeness (QED) is 0.810. The van der Waals surface area contributed by atoms with E-state index < -0.39 is 23.0 Å². The highest BCUT2D eigenvalue weighted by Crippen LogP contribution is 2.28. The van der Waals surface area contributed by atoms with Gasteiger partial charge in [-0.05, 0) is 31.0 Å². The molecule has 0 saturated heterocycles. The van der Waals surface area contributed by atoms with Gasteiger partial charge in [-0.1, -0.05) is 0 Å². The van der Waals surface area contributed by atoms with Gasteiger partial charge in [0.15, 0.2) is 0 Å². The number of benzene rings is 1. The maximum atomic E-state index is 13.2. The van der Waals surface area contributed by atoms with Crippen LogP contribution in [0.25, 0.3) is 0 Å². The Morgan fingerprint density at radius 2 is 2.12 bits per heavy atom. The molecule has 0 aliphatic carbocycles. The molecule has 1 atom stereocenters. The van der Waals surface area contributed by atoms with Crippen molar-refractivity contribution >= 4 is 17.6 Å². The van der Waals surface area contributed by atoms with Crippen LogP contribution in [0.15, 0.2) is 18.2 Å². The van der Waals surface area contributed by atoms with Crippen LogP contribution in [0.1, 0.15) is 30.2 Å². The molecule has 0 amide bonds. The Labute approximate surface area is 96.8 Å². The molecule has 0 aliphatic rings. The van der Waals surface area contributed by atoms with Gasteiger partial charge in [0.05, 0.1) is 5.38 Å². The first-order chi connectivity index (χ1) is 7.50. The van der Waals surface area contributed by atoms with Gasteiger partial charge in [-0.3, -0.25) is 4.79 Å². The van der Waals surface area contributed by atoms with Gasteiger partial charge in [0.2, 0.25) is 0 Å². The Balaban J connectivity index is 2.61. The third-order valence-corrected chi connectivity index (χ3v) is 2.60. The van der Waals surface area contributed by atoms with E-state index in [0.717, 1.165) is 18.2 Å². The van der Waals surface area contributed by atoms with Crippen LogP contribution in [-0.4, -0.2) is 11.1 Å². The number of alkyl halides is 1. The zero-order valence-corrected chi connectivity index (χ0v) is 9.18. The number of hydrogen-bond acceptors (Lipinski definition) is 1. The lowest BCUT2D eigenvalue weighted by Gasteiger charge is -2.10. The summed E-state index contributed by atoms with van der Waals surface area (Å²) >= 11 is 5.87. The van der Waals surface area contributed by atoms with Crippen molar-refractivity contribution in [2.24, 2.45) is 0 Å². The Hall–Kier alpha value is -1.16. The highest BCUT2D eigenvalue weighted by atomic mass is 35.5. The van der Waals surface area contributed by atoms with Crippen molar-refractivity contribution in [2.45, 2.75) is 24.6 Å². The summed E-state index contributed by atoms with van der Waals surface area (Å²) in [5.41, 5.74) is 0.0760. The lowest BCUT2D eigenvalue weighted by Crippen LogP contribution is -1.99. The standard InChI is InChI=1S/C11H11ClF2O2/c12-9(2-1-3-11(15)16)8-6-7(13)4-5-10(8)14/h4-6,9H,1-3H2,(H,15,16). The molecule has 0 aromatic heterocycles. The summed E-state index contributed by atoms with van der Waals surface area (Å²) in [6.45, 7) is 0. The minimum absolute atomic E-state index is 0.0276. The smallest absolute Gasteiger partial charge is 0.303 e. The van der Waals surface area contributed by atoms with Gasteiger partial charge < -0.3 is 5.11 Å². The van der Waals surface area contributed by atoms with Crippen molar-refractivity contribution in [1.29, 1.82) is 0 Å². The Morgan fingerprint density at radius 1 is 1.44 bits per heavy atom. The largest absolute Gasteiger partial charge is 0.481 e. The third kappa shape index (κ3) is 3.77. The van der Waals surface area contributed by atoms with E-state index >= 15 is 0 Å². The molecule has 0 bridgehead atoms. The molecule has 88 valence electrons. The third-order valence-electron chi connectivity index (χ3n) is 2.14. The van der Waals surface area contributed by atoms with Crippen LogP contribution in [0, 0.1) is 11.6 Å². The first kappa shape index (κ1) is 12.9.